The minimum absolute atomic E-state index is 0.208. The Kier molecular flexibility index (Phi) is 8.31. The van der Waals surface area contributed by atoms with Gasteiger partial charge in [-0.2, -0.15) is 0 Å². The smallest absolute Gasteiger partial charge is 0.412 e. The largest absolute Gasteiger partial charge is 0.445 e. The molecule has 3 amide bonds. The number of amides is 3. The molecule has 1 fully saturated rings. The average molecular weight is 516 g/mol. The number of carbonyl (C=O) groups excluding carboxylic acids is 3. The lowest BCUT2D eigenvalue weighted by Crippen LogP contribution is -2.27. The van der Waals surface area contributed by atoms with Crippen LogP contribution in [0.2, 0.25) is 0 Å². The van der Waals surface area contributed by atoms with E-state index < -0.39 is 17.8 Å². The van der Waals surface area contributed by atoms with Gasteiger partial charge in [0.2, 0.25) is 0 Å². The van der Waals surface area contributed by atoms with Crippen LogP contribution in [0.1, 0.15) is 66.6 Å². The molecule has 8 heteroatoms. The van der Waals surface area contributed by atoms with E-state index >= 15 is 0 Å². The highest BCUT2D eigenvalue weighted by atomic mass is 16.6. The molecule has 0 aromatic heterocycles. The number of alkyl carbamates (subject to hydrolysis) is 1. The number of para-hydroxylation sites is 2. The summed E-state index contributed by atoms with van der Waals surface area (Å²) in [6.07, 6.45) is 1.39. The monoisotopic (exact) mass is 515 g/mol. The third-order valence-corrected chi connectivity index (χ3v) is 5.86. The molecule has 4 rings (SSSR count). The van der Waals surface area contributed by atoms with E-state index in [0.717, 1.165) is 11.1 Å². The number of hydrogen-bond donors (Lipinski definition) is 3. The van der Waals surface area contributed by atoms with Crippen molar-refractivity contribution in [2.75, 3.05) is 10.6 Å². The molecule has 38 heavy (non-hydrogen) atoms. The van der Waals surface area contributed by atoms with Crippen molar-refractivity contribution >= 4 is 29.5 Å². The van der Waals surface area contributed by atoms with E-state index in [-0.39, 0.29) is 19.1 Å². The second kappa shape index (κ2) is 11.8. The van der Waals surface area contributed by atoms with Crippen molar-refractivity contribution in [1.82, 2.24) is 5.32 Å². The summed E-state index contributed by atoms with van der Waals surface area (Å²) in [7, 11) is 0. The van der Waals surface area contributed by atoms with Crippen LogP contribution < -0.4 is 16.0 Å². The molecule has 1 saturated carbocycles. The van der Waals surface area contributed by atoms with Gasteiger partial charge in [0.15, 0.2) is 0 Å². The number of nitrogens with one attached hydrogen (secondary N) is 3. The molecule has 3 aromatic carbocycles. The Morgan fingerprint density at radius 3 is 2.00 bits per heavy atom. The highest BCUT2D eigenvalue weighted by molar-refractivity contribution is 6.06. The number of carbonyl (C=O) groups is 3. The molecule has 198 valence electrons. The highest BCUT2D eigenvalue weighted by Gasteiger charge is 2.23. The van der Waals surface area contributed by atoms with Gasteiger partial charge in [0.05, 0.1) is 11.4 Å². The Labute approximate surface area is 222 Å². The summed E-state index contributed by atoms with van der Waals surface area (Å²) in [5, 5.41) is 8.20. The maximum Gasteiger partial charge on any atom is 0.412 e. The van der Waals surface area contributed by atoms with Gasteiger partial charge in [-0.05, 0) is 80.5 Å². The second-order valence-corrected chi connectivity index (χ2v) is 10.3. The Balaban J connectivity index is 1.24. The SMILES string of the molecule is CC(C)(C)OC(=O)Nc1ccccc1NC(=O)c1ccc(CNC(=O)OCc2ccc(C3CC3)cc2)cc1. The molecule has 8 nitrogen and oxygen atoms in total. The molecule has 3 N–H and O–H groups in total. The van der Waals surface area contributed by atoms with Gasteiger partial charge in [-0.1, -0.05) is 48.5 Å². The molecule has 3 aromatic rings. The van der Waals surface area contributed by atoms with Crippen molar-refractivity contribution in [3.63, 3.8) is 0 Å². The summed E-state index contributed by atoms with van der Waals surface area (Å²) in [5.74, 6) is 0.359. The maximum absolute atomic E-state index is 12.8. The minimum atomic E-state index is -0.642. The zero-order chi connectivity index (χ0) is 27.1. The first kappa shape index (κ1) is 26.7. The summed E-state index contributed by atoms with van der Waals surface area (Å²) in [6.45, 7) is 5.80. The summed E-state index contributed by atoms with van der Waals surface area (Å²) in [4.78, 5) is 37.0. The van der Waals surface area contributed by atoms with Crippen LogP contribution in [-0.4, -0.2) is 23.7 Å². The van der Waals surface area contributed by atoms with Crippen LogP contribution in [0.3, 0.4) is 0 Å². The fraction of sp³-hybridized carbons (Fsp3) is 0.300. The lowest BCUT2D eigenvalue weighted by atomic mass is 10.1. The Morgan fingerprint density at radius 1 is 0.789 bits per heavy atom. The van der Waals surface area contributed by atoms with Crippen molar-refractivity contribution in [3.8, 4) is 0 Å². The number of anilines is 2. The number of ether oxygens (including phenoxy) is 2. The normalized spacial score (nSPS) is 12.8. The molecule has 0 atom stereocenters. The number of rotatable bonds is 8. The topological polar surface area (TPSA) is 106 Å². The van der Waals surface area contributed by atoms with Gasteiger partial charge >= 0.3 is 12.2 Å². The van der Waals surface area contributed by atoms with Crippen LogP contribution in [0.5, 0.6) is 0 Å². The molecular formula is C30H33N3O5. The van der Waals surface area contributed by atoms with Crippen molar-refractivity contribution in [2.24, 2.45) is 0 Å². The second-order valence-electron chi connectivity index (χ2n) is 10.3. The van der Waals surface area contributed by atoms with Crippen LogP contribution in [0.15, 0.2) is 72.8 Å². The van der Waals surface area contributed by atoms with Gasteiger partial charge in [0.1, 0.15) is 12.2 Å². The standard InChI is InChI=1S/C30H33N3O5/c1-30(2,3)38-29(36)33-26-7-5-4-6-25(26)32-27(34)24-14-8-20(9-15-24)18-31-28(35)37-19-21-10-12-22(13-11-21)23-16-17-23/h4-15,23H,16-19H2,1-3H3,(H,31,35)(H,32,34)(H,33,36). The minimum Gasteiger partial charge on any atom is -0.445 e. The number of benzene rings is 3. The van der Waals surface area contributed by atoms with Crippen molar-refractivity contribution in [2.45, 2.75) is 58.3 Å². The average Bonchev–Trinajstić information content (AvgIpc) is 3.72. The van der Waals surface area contributed by atoms with Crippen molar-refractivity contribution in [3.05, 3.63) is 95.1 Å². The van der Waals surface area contributed by atoms with Crippen LogP contribution in [0.25, 0.3) is 0 Å². The van der Waals surface area contributed by atoms with Gasteiger partial charge in [-0.3, -0.25) is 10.1 Å². The molecule has 0 unspecified atom stereocenters. The molecule has 0 radical (unpaired) electrons. The highest BCUT2D eigenvalue weighted by Crippen LogP contribution is 2.39. The fourth-order valence-corrected chi connectivity index (χ4v) is 3.76. The summed E-state index contributed by atoms with van der Waals surface area (Å²) >= 11 is 0. The third kappa shape index (κ3) is 8.09. The third-order valence-electron chi connectivity index (χ3n) is 5.86. The van der Waals surface area contributed by atoms with Gasteiger partial charge in [-0.15, -0.1) is 0 Å². The molecule has 0 aliphatic heterocycles. The van der Waals surface area contributed by atoms with Gasteiger partial charge in [0, 0.05) is 12.1 Å². The molecular weight excluding hydrogens is 482 g/mol. The molecule has 0 heterocycles. The van der Waals surface area contributed by atoms with E-state index in [0.29, 0.717) is 22.9 Å². The predicted octanol–water partition coefficient (Wildman–Crippen LogP) is 6.59. The quantitative estimate of drug-likeness (QED) is 0.314. The molecule has 1 aliphatic carbocycles. The Hall–Kier alpha value is -4.33. The Morgan fingerprint density at radius 2 is 1.39 bits per heavy atom. The van der Waals surface area contributed by atoms with Crippen LogP contribution >= 0.6 is 0 Å². The van der Waals surface area contributed by atoms with E-state index in [2.05, 4.69) is 28.1 Å². The van der Waals surface area contributed by atoms with Crippen LogP contribution in [0, 0.1) is 0 Å². The van der Waals surface area contributed by atoms with Gasteiger partial charge < -0.3 is 20.1 Å². The van der Waals surface area contributed by atoms with Crippen LogP contribution in [0.4, 0.5) is 21.0 Å². The summed E-state index contributed by atoms with van der Waals surface area (Å²) < 4.78 is 10.6. The zero-order valence-electron chi connectivity index (χ0n) is 21.9. The zero-order valence-corrected chi connectivity index (χ0v) is 21.9. The van der Waals surface area contributed by atoms with E-state index in [1.807, 2.05) is 12.1 Å². The van der Waals surface area contributed by atoms with E-state index in [9.17, 15) is 14.4 Å². The van der Waals surface area contributed by atoms with Crippen LogP contribution in [-0.2, 0) is 22.6 Å². The summed E-state index contributed by atoms with van der Waals surface area (Å²) in [5.41, 5.74) is 3.77. The first-order chi connectivity index (χ1) is 18.2. The van der Waals surface area contributed by atoms with Gasteiger partial charge in [0.25, 0.3) is 5.91 Å². The first-order valence-corrected chi connectivity index (χ1v) is 12.6. The van der Waals surface area contributed by atoms with E-state index in [4.69, 9.17) is 9.47 Å². The van der Waals surface area contributed by atoms with E-state index in [1.54, 1.807) is 69.3 Å². The van der Waals surface area contributed by atoms with E-state index in [1.165, 1.54) is 18.4 Å². The molecule has 0 saturated heterocycles. The van der Waals surface area contributed by atoms with Crippen molar-refractivity contribution < 1.29 is 23.9 Å². The van der Waals surface area contributed by atoms with Crippen molar-refractivity contribution in [1.29, 1.82) is 0 Å². The fourth-order valence-electron chi connectivity index (χ4n) is 3.76. The summed E-state index contributed by atoms with van der Waals surface area (Å²) in [6, 6.07) is 21.9. The predicted molar refractivity (Wildman–Crippen MR) is 146 cm³/mol. The first-order valence-electron chi connectivity index (χ1n) is 12.6. The molecule has 0 spiro atoms. The molecule has 1 aliphatic rings. The Bertz CT molecular complexity index is 1280. The van der Waals surface area contributed by atoms with Gasteiger partial charge in [-0.25, -0.2) is 9.59 Å². The number of hydrogen-bond acceptors (Lipinski definition) is 5. The maximum atomic E-state index is 12.8. The lowest BCUT2D eigenvalue weighted by molar-refractivity contribution is 0.0635. The lowest BCUT2D eigenvalue weighted by Gasteiger charge is -2.20. The molecule has 0 bridgehead atoms.